The highest BCUT2D eigenvalue weighted by molar-refractivity contribution is 5.92. The SMILES string of the molecule is COCc1cccc(OC(=O)c2ccn3cncc3c2)c1. The summed E-state index contributed by atoms with van der Waals surface area (Å²) in [6.07, 6.45) is 5.15. The van der Waals surface area contributed by atoms with Gasteiger partial charge in [0.25, 0.3) is 0 Å². The summed E-state index contributed by atoms with van der Waals surface area (Å²) >= 11 is 0. The highest BCUT2D eigenvalue weighted by atomic mass is 16.5. The van der Waals surface area contributed by atoms with Crippen molar-refractivity contribution in [3.8, 4) is 5.75 Å². The van der Waals surface area contributed by atoms with E-state index in [0.29, 0.717) is 17.9 Å². The molecule has 0 amide bonds. The zero-order valence-electron chi connectivity index (χ0n) is 11.5. The minimum Gasteiger partial charge on any atom is -0.423 e. The smallest absolute Gasteiger partial charge is 0.343 e. The first-order chi connectivity index (χ1) is 10.3. The van der Waals surface area contributed by atoms with Gasteiger partial charge < -0.3 is 13.9 Å². The molecule has 0 aliphatic carbocycles. The van der Waals surface area contributed by atoms with Crippen LogP contribution in [0.15, 0.2) is 55.1 Å². The Morgan fingerprint density at radius 3 is 3.05 bits per heavy atom. The molecule has 3 rings (SSSR count). The van der Waals surface area contributed by atoms with Crippen LogP contribution in [0.3, 0.4) is 0 Å². The van der Waals surface area contributed by atoms with E-state index in [9.17, 15) is 4.79 Å². The standard InChI is InChI=1S/C16H14N2O3/c1-20-10-12-3-2-4-15(7-12)21-16(19)13-5-6-18-11-17-9-14(18)8-13/h2-9,11H,10H2,1H3. The Bertz CT molecular complexity index is 780. The number of methoxy groups -OCH3 is 1. The van der Waals surface area contributed by atoms with Gasteiger partial charge in [-0.1, -0.05) is 12.1 Å². The van der Waals surface area contributed by atoms with Gasteiger partial charge in [-0.15, -0.1) is 0 Å². The lowest BCUT2D eigenvalue weighted by Gasteiger charge is -2.06. The highest BCUT2D eigenvalue weighted by Crippen LogP contribution is 2.16. The van der Waals surface area contributed by atoms with E-state index in [0.717, 1.165) is 11.1 Å². The van der Waals surface area contributed by atoms with Gasteiger partial charge in [0.2, 0.25) is 0 Å². The van der Waals surface area contributed by atoms with E-state index in [-0.39, 0.29) is 0 Å². The molecular formula is C16H14N2O3. The average Bonchev–Trinajstić information content (AvgIpc) is 2.95. The maximum Gasteiger partial charge on any atom is 0.343 e. The molecule has 0 N–H and O–H groups in total. The van der Waals surface area contributed by atoms with Gasteiger partial charge >= 0.3 is 5.97 Å². The van der Waals surface area contributed by atoms with Gasteiger partial charge in [-0.3, -0.25) is 0 Å². The summed E-state index contributed by atoms with van der Waals surface area (Å²) in [5.74, 6) is 0.108. The second-order valence-corrected chi connectivity index (χ2v) is 4.61. The Hall–Kier alpha value is -2.66. The lowest BCUT2D eigenvalue weighted by atomic mass is 10.2. The molecule has 2 aromatic heterocycles. The third-order valence-corrected chi connectivity index (χ3v) is 3.07. The van der Waals surface area contributed by atoms with Crippen LogP contribution in [0.1, 0.15) is 15.9 Å². The number of fused-ring (bicyclic) bond motifs is 1. The van der Waals surface area contributed by atoms with Crippen LogP contribution >= 0.6 is 0 Å². The molecule has 21 heavy (non-hydrogen) atoms. The summed E-state index contributed by atoms with van der Waals surface area (Å²) in [6, 6.07) is 10.7. The van der Waals surface area contributed by atoms with Crippen LogP contribution in [-0.4, -0.2) is 22.5 Å². The first-order valence-corrected chi connectivity index (χ1v) is 6.48. The average molecular weight is 282 g/mol. The zero-order valence-corrected chi connectivity index (χ0v) is 11.5. The van der Waals surface area contributed by atoms with Crippen LogP contribution in [0.2, 0.25) is 0 Å². The number of hydrogen-bond donors (Lipinski definition) is 0. The normalized spacial score (nSPS) is 10.7. The van der Waals surface area contributed by atoms with Crippen LogP contribution in [-0.2, 0) is 11.3 Å². The maximum atomic E-state index is 12.2. The summed E-state index contributed by atoms with van der Waals surface area (Å²) in [5, 5.41) is 0. The quantitative estimate of drug-likeness (QED) is 0.545. The van der Waals surface area contributed by atoms with Crippen LogP contribution in [0, 0.1) is 0 Å². The van der Waals surface area contributed by atoms with E-state index in [4.69, 9.17) is 9.47 Å². The van der Waals surface area contributed by atoms with Crippen LogP contribution < -0.4 is 4.74 Å². The molecule has 0 fully saturated rings. The number of nitrogens with zero attached hydrogens (tertiary/aromatic N) is 2. The molecule has 0 unspecified atom stereocenters. The molecule has 0 spiro atoms. The summed E-state index contributed by atoms with van der Waals surface area (Å²) in [6.45, 7) is 0.479. The molecule has 5 nitrogen and oxygen atoms in total. The van der Waals surface area contributed by atoms with Crippen molar-refractivity contribution in [2.24, 2.45) is 0 Å². The third kappa shape index (κ3) is 2.93. The fourth-order valence-corrected chi connectivity index (χ4v) is 2.08. The predicted octanol–water partition coefficient (Wildman–Crippen LogP) is 2.70. The van der Waals surface area contributed by atoms with Gasteiger partial charge in [-0.2, -0.15) is 0 Å². The van der Waals surface area contributed by atoms with Crippen molar-refractivity contribution in [3.05, 3.63) is 66.2 Å². The molecule has 0 bridgehead atoms. The van der Waals surface area contributed by atoms with Crippen molar-refractivity contribution in [1.29, 1.82) is 0 Å². The maximum absolute atomic E-state index is 12.2. The van der Waals surface area contributed by atoms with E-state index in [1.54, 1.807) is 50.1 Å². The number of rotatable bonds is 4. The molecule has 5 heteroatoms. The van der Waals surface area contributed by atoms with Gasteiger partial charge in [-0.25, -0.2) is 9.78 Å². The van der Waals surface area contributed by atoms with Crippen LogP contribution in [0.25, 0.3) is 5.52 Å². The number of carbonyl (C=O) groups is 1. The number of imidazole rings is 1. The lowest BCUT2D eigenvalue weighted by molar-refractivity contribution is 0.0734. The molecule has 0 saturated heterocycles. The molecule has 0 aliphatic rings. The number of aromatic nitrogens is 2. The van der Waals surface area contributed by atoms with Crippen molar-refractivity contribution in [2.75, 3.05) is 7.11 Å². The first kappa shape index (κ1) is 13.3. The van der Waals surface area contributed by atoms with Gasteiger partial charge in [-0.05, 0) is 29.8 Å². The molecule has 0 aliphatic heterocycles. The molecule has 0 atom stereocenters. The number of benzene rings is 1. The molecular weight excluding hydrogens is 268 g/mol. The van der Waals surface area contributed by atoms with E-state index < -0.39 is 5.97 Å². The Balaban J connectivity index is 1.80. The van der Waals surface area contributed by atoms with Gasteiger partial charge in [0.15, 0.2) is 0 Å². The highest BCUT2D eigenvalue weighted by Gasteiger charge is 2.10. The topological polar surface area (TPSA) is 52.8 Å². The predicted molar refractivity (Wildman–Crippen MR) is 77.3 cm³/mol. The van der Waals surface area contributed by atoms with Gasteiger partial charge in [0.1, 0.15) is 5.75 Å². The summed E-state index contributed by atoms with van der Waals surface area (Å²) in [5.41, 5.74) is 2.28. The van der Waals surface area contributed by atoms with Crippen molar-refractivity contribution >= 4 is 11.5 Å². The van der Waals surface area contributed by atoms with Crippen molar-refractivity contribution < 1.29 is 14.3 Å². The summed E-state index contributed by atoms with van der Waals surface area (Å²) in [7, 11) is 1.62. The minimum absolute atomic E-state index is 0.395. The Labute approximate surface area is 121 Å². The molecule has 106 valence electrons. The monoisotopic (exact) mass is 282 g/mol. The zero-order chi connectivity index (χ0) is 14.7. The second kappa shape index (κ2) is 5.76. The molecule has 0 radical (unpaired) electrons. The van der Waals surface area contributed by atoms with E-state index >= 15 is 0 Å². The van der Waals surface area contributed by atoms with Gasteiger partial charge in [0.05, 0.1) is 30.2 Å². The molecule has 2 heterocycles. The van der Waals surface area contributed by atoms with E-state index in [2.05, 4.69) is 4.98 Å². The minimum atomic E-state index is -0.395. The number of pyridine rings is 1. The number of ether oxygens (including phenoxy) is 2. The second-order valence-electron chi connectivity index (χ2n) is 4.61. The van der Waals surface area contributed by atoms with Crippen molar-refractivity contribution in [2.45, 2.75) is 6.61 Å². The Kier molecular flexibility index (Phi) is 3.66. The first-order valence-electron chi connectivity index (χ1n) is 6.48. The summed E-state index contributed by atoms with van der Waals surface area (Å²) in [4.78, 5) is 16.2. The van der Waals surface area contributed by atoms with Crippen LogP contribution in [0.4, 0.5) is 0 Å². The lowest BCUT2D eigenvalue weighted by Crippen LogP contribution is -2.09. The largest absolute Gasteiger partial charge is 0.423 e. The van der Waals surface area contributed by atoms with Crippen LogP contribution in [0.5, 0.6) is 5.75 Å². The Morgan fingerprint density at radius 1 is 1.29 bits per heavy atom. The number of hydrogen-bond acceptors (Lipinski definition) is 4. The molecule has 1 aromatic carbocycles. The fourth-order valence-electron chi connectivity index (χ4n) is 2.08. The number of esters is 1. The van der Waals surface area contributed by atoms with E-state index in [1.807, 2.05) is 16.5 Å². The fraction of sp³-hybridized carbons (Fsp3) is 0.125. The van der Waals surface area contributed by atoms with Crippen molar-refractivity contribution in [3.63, 3.8) is 0 Å². The van der Waals surface area contributed by atoms with Gasteiger partial charge in [0, 0.05) is 13.3 Å². The summed E-state index contributed by atoms with van der Waals surface area (Å²) < 4.78 is 12.3. The number of carbonyl (C=O) groups excluding carboxylic acids is 1. The molecule has 3 aromatic rings. The third-order valence-electron chi connectivity index (χ3n) is 3.07. The van der Waals surface area contributed by atoms with E-state index in [1.165, 1.54) is 0 Å². The molecule has 0 saturated carbocycles. The Morgan fingerprint density at radius 2 is 2.19 bits per heavy atom. The van der Waals surface area contributed by atoms with Crippen molar-refractivity contribution in [1.82, 2.24) is 9.38 Å².